The zero-order valence-corrected chi connectivity index (χ0v) is 15.1. The molecule has 2 aliphatic heterocycles. The van der Waals surface area contributed by atoms with Crippen LogP contribution in [0.5, 0.6) is 5.75 Å². The van der Waals surface area contributed by atoms with Crippen LogP contribution in [-0.2, 0) is 9.59 Å². The van der Waals surface area contributed by atoms with E-state index in [-0.39, 0.29) is 18.3 Å². The number of amides is 1. The Balaban J connectivity index is 1.49. The van der Waals surface area contributed by atoms with Gasteiger partial charge in [0.25, 0.3) is 0 Å². The summed E-state index contributed by atoms with van der Waals surface area (Å²) in [5, 5.41) is 2.80. The second kappa shape index (κ2) is 7.14. The maximum Gasteiger partial charge on any atom is 0.319 e. The van der Waals surface area contributed by atoms with Gasteiger partial charge in [-0.1, -0.05) is 30.3 Å². The predicted octanol–water partition coefficient (Wildman–Crippen LogP) is 4.20. The molecule has 2 heterocycles. The summed E-state index contributed by atoms with van der Waals surface area (Å²) in [6, 6.07) is 15.1. The molecule has 2 aromatic rings. The number of thioether (sulfide) groups is 2. The van der Waals surface area contributed by atoms with Crippen molar-refractivity contribution in [1.29, 1.82) is 0 Å². The minimum absolute atomic E-state index is 0.114. The summed E-state index contributed by atoms with van der Waals surface area (Å²) in [6.07, 6.45) is 0.114. The Morgan fingerprint density at radius 3 is 2.52 bits per heavy atom. The Hall–Kier alpha value is -1.92. The molecular formula is C19H17NO3S2. The van der Waals surface area contributed by atoms with Gasteiger partial charge in [0.15, 0.2) is 0 Å². The molecule has 1 unspecified atom stereocenters. The number of fused-ring (bicyclic) bond motifs is 1. The molecule has 4 nitrogen and oxygen atoms in total. The highest BCUT2D eigenvalue weighted by Gasteiger charge is 2.32. The Bertz CT molecular complexity index is 801. The molecular weight excluding hydrogens is 354 g/mol. The van der Waals surface area contributed by atoms with Crippen molar-refractivity contribution >= 4 is 41.1 Å². The molecule has 1 fully saturated rings. The van der Waals surface area contributed by atoms with Crippen LogP contribution in [-0.4, -0.2) is 23.4 Å². The van der Waals surface area contributed by atoms with E-state index >= 15 is 0 Å². The van der Waals surface area contributed by atoms with Crippen LogP contribution in [0.3, 0.4) is 0 Å². The van der Waals surface area contributed by atoms with Crippen molar-refractivity contribution < 1.29 is 14.3 Å². The van der Waals surface area contributed by atoms with E-state index in [2.05, 4.69) is 5.32 Å². The lowest BCUT2D eigenvalue weighted by molar-refractivity contribution is -0.138. The van der Waals surface area contributed by atoms with E-state index in [0.717, 1.165) is 5.56 Å². The van der Waals surface area contributed by atoms with Gasteiger partial charge in [0.2, 0.25) is 5.91 Å². The SMILES string of the molecule is O=C1CC(C(=O)Oc2ccc(C3SCCS3)cc2)c2ccccc2N1. The lowest BCUT2D eigenvalue weighted by Crippen LogP contribution is -2.29. The summed E-state index contributed by atoms with van der Waals surface area (Å²) in [6.45, 7) is 0. The first-order valence-electron chi connectivity index (χ1n) is 8.14. The minimum atomic E-state index is -0.564. The molecule has 1 atom stereocenters. The van der Waals surface area contributed by atoms with Gasteiger partial charge in [-0.3, -0.25) is 9.59 Å². The van der Waals surface area contributed by atoms with Gasteiger partial charge in [-0.2, -0.15) is 0 Å². The van der Waals surface area contributed by atoms with Gasteiger partial charge >= 0.3 is 5.97 Å². The van der Waals surface area contributed by atoms with E-state index in [1.165, 1.54) is 17.1 Å². The topological polar surface area (TPSA) is 55.4 Å². The summed E-state index contributed by atoms with van der Waals surface area (Å²) in [5.41, 5.74) is 2.74. The van der Waals surface area contributed by atoms with Crippen molar-refractivity contribution in [3.8, 4) is 5.75 Å². The molecule has 1 N–H and O–H groups in total. The Kier molecular flexibility index (Phi) is 4.72. The molecule has 0 aliphatic carbocycles. The van der Waals surface area contributed by atoms with Crippen molar-refractivity contribution in [1.82, 2.24) is 0 Å². The van der Waals surface area contributed by atoms with Crippen LogP contribution >= 0.6 is 23.5 Å². The van der Waals surface area contributed by atoms with E-state index < -0.39 is 5.92 Å². The number of nitrogens with one attached hydrogen (secondary N) is 1. The average molecular weight is 371 g/mol. The molecule has 1 amide bonds. The minimum Gasteiger partial charge on any atom is -0.426 e. The highest BCUT2D eigenvalue weighted by Crippen LogP contribution is 2.45. The van der Waals surface area contributed by atoms with Crippen LogP contribution in [0.15, 0.2) is 48.5 Å². The molecule has 0 radical (unpaired) electrons. The maximum atomic E-state index is 12.6. The number of anilines is 1. The fraction of sp³-hybridized carbons (Fsp3) is 0.263. The second-order valence-electron chi connectivity index (χ2n) is 5.96. The third-order valence-corrected chi connectivity index (χ3v) is 7.38. The predicted molar refractivity (Wildman–Crippen MR) is 102 cm³/mol. The van der Waals surface area contributed by atoms with Crippen LogP contribution in [0.25, 0.3) is 0 Å². The molecule has 0 spiro atoms. The van der Waals surface area contributed by atoms with Crippen LogP contribution in [0.4, 0.5) is 5.69 Å². The zero-order valence-electron chi connectivity index (χ0n) is 13.4. The van der Waals surface area contributed by atoms with Crippen molar-refractivity contribution in [2.45, 2.75) is 16.9 Å². The lowest BCUT2D eigenvalue weighted by Gasteiger charge is -2.24. The van der Waals surface area contributed by atoms with Crippen LogP contribution < -0.4 is 10.1 Å². The smallest absolute Gasteiger partial charge is 0.319 e. The number of ether oxygens (including phenoxy) is 1. The van der Waals surface area contributed by atoms with Gasteiger partial charge < -0.3 is 10.1 Å². The molecule has 1 saturated heterocycles. The quantitative estimate of drug-likeness (QED) is 0.647. The number of para-hydroxylation sites is 1. The van der Waals surface area contributed by atoms with E-state index in [0.29, 0.717) is 16.0 Å². The molecule has 0 bridgehead atoms. The molecule has 6 heteroatoms. The number of esters is 1. The van der Waals surface area contributed by atoms with Crippen LogP contribution in [0.1, 0.15) is 28.0 Å². The molecule has 2 aromatic carbocycles. The summed E-state index contributed by atoms with van der Waals surface area (Å²) >= 11 is 3.88. The molecule has 0 aromatic heterocycles. The highest BCUT2D eigenvalue weighted by molar-refractivity contribution is 8.19. The average Bonchev–Trinajstić information content (AvgIpc) is 3.16. The van der Waals surface area contributed by atoms with Crippen molar-refractivity contribution in [2.24, 2.45) is 0 Å². The van der Waals surface area contributed by atoms with Crippen molar-refractivity contribution in [3.05, 3.63) is 59.7 Å². The van der Waals surface area contributed by atoms with Crippen molar-refractivity contribution in [3.63, 3.8) is 0 Å². The van der Waals surface area contributed by atoms with E-state index in [1.54, 1.807) is 6.07 Å². The molecule has 2 aliphatic rings. The number of carbonyl (C=O) groups is 2. The summed E-state index contributed by atoms with van der Waals surface area (Å²) in [5.74, 6) is 1.76. The molecule has 4 rings (SSSR count). The maximum absolute atomic E-state index is 12.6. The second-order valence-corrected chi connectivity index (χ2v) is 8.68. The van der Waals surface area contributed by atoms with Gasteiger partial charge in [-0.05, 0) is 29.3 Å². The lowest BCUT2D eigenvalue weighted by atomic mass is 9.91. The number of benzene rings is 2. The summed E-state index contributed by atoms with van der Waals surface area (Å²) in [7, 11) is 0. The van der Waals surface area contributed by atoms with Gasteiger partial charge in [0, 0.05) is 23.6 Å². The van der Waals surface area contributed by atoms with Gasteiger partial charge in [0.1, 0.15) is 5.75 Å². The fourth-order valence-electron chi connectivity index (χ4n) is 3.05. The fourth-order valence-corrected chi connectivity index (χ4v) is 5.91. The van der Waals surface area contributed by atoms with Crippen LogP contribution in [0, 0.1) is 0 Å². The molecule has 128 valence electrons. The summed E-state index contributed by atoms with van der Waals surface area (Å²) < 4.78 is 6.02. The first-order chi connectivity index (χ1) is 12.2. The number of rotatable bonds is 3. The highest BCUT2D eigenvalue weighted by atomic mass is 32.2. The Morgan fingerprint density at radius 1 is 1.04 bits per heavy atom. The Morgan fingerprint density at radius 2 is 1.76 bits per heavy atom. The normalized spacial score (nSPS) is 20.0. The largest absolute Gasteiger partial charge is 0.426 e. The van der Waals surface area contributed by atoms with Gasteiger partial charge in [-0.25, -0.2) is 0 Å². The van der Waals surface area contributed by atoms with Crippen LogP contribution in [0.2, 0.25) is 0 Å². The monoisotopic (exact) mass is 371 g/mol. The van der Waals surface area contributed by atoms with Crippen molar-refractivity contribution in [2.75, 3.05) is 16.8 Å². The van der Waals surface area contributed by atoms with E-state index in [1.807, 2.05) is 66.0 Å². The van der Waals surface area contributed by atoms with Gasteiger partial charge in [0.05, 0.1) is 10.5 Å². The van der Waals surface area contributed by atoms with E-state index in [4.69, 9.17) is 4.74 Å². The first kappa shape index (κ1) is 16.5. The Labute approximate surface area is 154 Å². The van der Waals surface area contributed by atoms with Gasteiger partial charge in [-0.15, -0.1) is 23.5 Å². The number of carbonyl (C=O) groups excluding carboxylic acids is 2. The first-order valence-corrected chi connectivity index (χ1v) is 10.2. The zero-order chi connectivity index (χ0) is 17.2. The van der Waals surface area contributed by atoms with E-state index in [9.17, 15) is 9.59 Å². The summed E-state index contributed by atoms with van der Waals surface area (Å²) in [4.78, 5) is 24.5. The number of hydrogen-bond acceptors (Lipinski definition) is 5. The third-order valence-electron chi connectivity index (χ3n) is 4.28. The molecule has 25 heavy (non-hydrogen) atoms. The third kappa shape index (κ3) is 3.55. The number of hydrogen-bond donors (Lipinski definition) is 1. The standard InChI is InChI=1S/C19H17NO3S2/c21-17-11-15(14-3-1-2-4-16(14)20-17)18(22)23-13-7-5-12(6-8-13)19-24-9-10-25-19/h1-8,15,19H,9-11H2,(H,20,21). The molecule has 0 saturated carbocycles.